The van der Waals surface area contributed by atoms with Crippen molar-refractivity contribution in [1.29, 1.82) is 0 Å². The van der Waals surface area contributed by atoms with Gasteiger partial charge in [0, 0.05) is 0 Å². The average Bonchev–Trinajstić information content (AvgIpc) is 2.62. The maximum Gasteiger partial charge on any atom is 0.508 e. The fourth-order valence-corrected chi connectivity index (χ4v) is 7.45. The minimum absolute atomic E-state index is 0.160. The van der Waals surface area contributed by atoms with Crippen molar-refractivity contribution in [2.24, 2.45) is 28.1 Å². The molecule has 0 aromatic carbocycles. The molecule has 0 atom stereocenters. The zero-order chi connectivity index (χ0) is 27.2. The van der Waals surface area contributed by atoms with E-state index in [1.807, 2.05) is 0 Å². The lowest BCUT2D eigenvalue weighted by Gasteiger charge is -2.71. The maximum atomic E-state index is 12.6. The molecule has 0 unspecified atom stereocenters. The number of rotatable bonds is 8. The van der Waals surface area contributed by atoms with Gasteiger partial charge >= 0.3 is 24.2 Å². The highest BCUT2D eigenvalue weighted by Gasteiger charge is 2.73. The van der Waals surface area contributed by atoms with Gasteiger partial charge in [-0.05, 0) is 96.3 Å². The van der Waals surface area contributed by atoms with Crippen LogP contribution in [0.4, 0.5) is 9.59 Å². The topological polar surface area (TPSA) is 146 Å². The number of aliphatic carboxylic acids is 2. The molecule has 10 nitrogen and oxygen atoms in total. The van der Waals surface area contributed by atoms with Crippen LogP contribution in [0.25, 0.3) is 0 Å². The van der Waals surface area contributed by atoms with Crippen molar-refractivity contribution in [2.45, 2.75) is 97.7 Å². The van der Waals surface area contributed by atoms with E-state index in [0.29, 0.717) is 25.7 Å². The average molecular weight is 513 g/mol. The number of ether oxygens (including phenoxy) is 4. The van der Waals surface area contributed by atoms with E-state index in [-0.39, 0.29) is 37.9 Å². The molecule has 4 fully saturated rings. The Labute approximate surface area is 212 Å². The summed E-state index contributed by atoms with van der Waals surface area (Å²) in [5.74, 6) is -1.73. The number of carbonyl (C=O) groups excluding carboxylic acids is 2. The zero-order valence-electron chi connectivity index (χ0n) is 22.2. The molecule has 0 heterocycles. The van der Waals surface area contributed by atoms with Gasteiger partial charge in [0.1, 0.15) is 24.4 Å². The van der Waals surface area contributed by atoms with Gasteiger partial charge in [0.25, 0.3) is 0 Å². The Balaban J connectivity index is 2.07. The van der Waals surface area contributed by atoms with Crippen molar-refractivity contribution >= 4 is 24.2 Å². The predicted octanol–water partition coefficient (Wildman–Crippen LogP) is 5.02. The number of hydrogen-bond donors (Lipinski definition) is 2. The summed E-state index contributed by atoms with van der Waals surface area (Å²) in [6, 6.07) is 0. The molecule has 0 saturated heterocycles. The first kappa shape index (κ1) is 28.1. The third-order valence-corrected chi connectivity index (χ3v) is 8.05. The van der Waals surface area contributed by atoms with Crippen LogP contribution in [-0.2, 0) is 28.5 Å². The second-order valence-corrected chi connectivity index (χ2v) is 13.1. The summed E-state index contributed by atoms with van der Waals surface area (Å²) in [7, 11) is 0. The highest BCUT2D eigenvalue weighted by molar-refractivity contribution is 5.70. The Kier molecular flexibility index (Phi) is 7.34. The SMILES string of the molecule is CC(C)(C)OC(=O)OCC1(COC(=O)OC(C)(C)C)C2(CC(=O)O)CC3CC(C2)CC1(CC(=O)O)C3. The summed E-state index contributed by atoms with van der Waals surface area (Å²) < 4.78 is 21.9. The Morgan fingerprint density at radius 3 is 1.31 bits per heavy atom. The van der Waals surface area contributed by atoms with Crippen molar-refractivity contribution in [3.63, 3.8) is 0 Å². The molecule has 4 rings (SSSR count). The Morgan fingerprint density at radius 1 is 0.694 bits per heavy atom. The minimum atomic E-state index is -1.24. The van der Waals surface area contributed by atoms with Crippen LogP contribution >= 0.6 is 0 Å². The third kappa shape index (κ3) is 5.72. The van der Waals surface area contributed by atoms with Crippen LogP contribution in [0.15, 0.2) is 0 Å². The van der Waals surface area contributed by atoms with Crippen LogP contribution in [0.3, 0.4) is 0 Å². The van der Waals surface area contributed by atoms with Crippen molar-refractivity contribution < 1.29 is 48.3 Å². The second-order valence-electron chi connectivity index (χ2n) is 13.1. The van der Waals surface area contributed by atoms with Crippen LogP contribution in [-0.4, -0.2) is 58.9 Å². The molecular weight excluding hydrogens is 472 g/mol. The van der Waals surface area contributed by atoms with Gasteiger partial charge in [-0.15, -0.1) is 0 Å². The van der Waals surface area contributed by atoms with Crippen LogP contribution in [0.2, 0.25) is 0 Å². The van der Waals surface area contributed by atoms with E-state index in [0.717, 1.165) is 6.42 Å². The van der Waals surface area contributed by atoms with Crippen molar-refractivity contribution in [3.05, 3.63) is 0 Å². The first-order valence-corrected chi connectivity index (χ1v) is 12.6. The summed E-state index contributed by atoms with van der Waals surface area (Å²) in [4.78, 5) is 49.5. The fourth-order valence-electron chi connectivity index (χ4n) is 7.45. The second kappa shape index (κ2) is 9.41. The Hall–Kier alpha value is -2.52. The number of carbonyl (C=O) groups is 4. The molecule has 10 heteroatoms. The largest absolute Gasteiger partial charge is 0.508 e. The van der Waals surface area contributed by atoms with Gasteiger partial charge in [0.05, 0.1) is 18.3 Å². The molecule has 0 aliphatic heterocycles. The fraction of sp³-hybridized carbons (Fsp3) is 0.846. The van der Waals surface area contributed by atoms with Gasteiger partial charge < -0.3 is 29.2 Å². The summed E-state index contributed by atoms with van der Waals surface area (Å²) in [5, 5.41) is 19.9. The first-order valence-electron chi connectivity index (χ1n) is 12.6. The monoisotopic (exact) mass is 512 g/mol. The smallest absolute Gasteiger partial charge is 0.481 e. The van der Waals surface area contributed by atoms with Crippen molar-refractivity contribution in [2.75, 3.05) is 13.2 Å². The van der Waals surface area contributed by atoms with Crippen LogP contribution in [0, 0.1) is 28.1 Å². The molecule has 4 saturated carbocycles. The Bertz CT molecular complexity index is 809. The van der Waals surface area contributed by atoms with Gasteiger partial charge in [-0.25, -0.2) is 9.59 Å². The molecule has 0 radical (unpaired) electrons. The van der Waals surface area contributed by atoms with Crippen LogP contribution in [0.5, 0.6) is 0 Å². The van der Waals surface area contributed by atoms with E-state index in [2.05, 4.69) is 0 Å². The van der Waals surface area contributed by atoms with Gasteiger partial charge in [-0.2, -0.15) is 0 Å². The lowest BCUT2D eigenvalue weighted by molar-refractivity contribution is -0.268. The van der Waals surface area contributed by atoms with Crippen molar-refractivity contribution in [3.8, 4) is 0 Å². The molecular formula is C26H40O10. The lowest BCUT2D eigenvalue weighted by Crippen LogP contribution is -2.70. The maximum absolute atomic E-state index is 12.6. The van der Waals surface area contributed by atoms with E-state index < -0.39 is 51.7 Å². The molecule has 4 bridgehead atoms. The highest BCUT2D eigenvalue weighted by atomic mass is 16.7. The van der Waals surface area contributed by atoms with Gasteiger partial charge in [-0.3, -0.25) is 9.59 Å². The molecule has 4 aliphatic carbocycles. The standard InChI is InChI=1S/C26H40O10/c1-22(2,3)35-20(31)33-14-26(15-34-21(32)36-23(4,5)6)24(12-18(27)28)8-16-7-17(10-24)11-25(26,9-16)13-19(29)30/h16-17H,7-15H2,1-6H3,(H,27,28)(H,29,30). The van der Waals surface area contributed by atoms with Crippen LogP contribution in [0.1, 0.15) is 86.5 Å². The van der Waals surface area contributed by atoms with E-state index in [4.69, 9.17) is 18.9 Å². The molecule has 0 spiro atoms. The van der Waals surface area contributed by atoms with Gasteiger partial charge in [-0.1, -0.05) is 0 Å². The summed E-state index contributed by atoms with van der Waals surface area (Å²) in [5.41, 5.74) is -4.71. The number of carboxylic acid groups (broad SMARTS) is 2. The zero-order valence-corrected chi connectivity index (χ0v) is 22.2. The number of carboxylic acids is 2. The van der Waals surface area contributed by atoms with E-state index in [9.17, 15) is 29.4 Å². The lowest BCUT2D eigenvalue weighted by atomic mass is 9.32. The van der Waals surface area contributed by atoms with Crippen LogP contribution < -0.4 is 0 Å². The van der Waals surface area contributed by atoms with E-state index in [1.165, 1.54) is 0 Å². The molecule has 4 aliphatic rings. The third-order valence-electron chi connectivity index (χ3n) is 8.05. The molecule has 2 N–H and O–H groups in total. The van der Waals surface area contributed by atoms with Gasteiger partial charge in [0.15, 0.2) is 0 Å². The quantitative estimate of drug-likeness (QED) is 0.425. The van der Waals surface area contributed by atoms with Crippen molar-refractivity contribution in [1.82, 2.24) is 0 Å². The van der Waals surface area contributed by atoms with E-state index >= 15 is 0 Å². The normalized spacial score (nSPS) is 30.4. The summed E-state index contributed by atoms with van der Waals surface area (Å²) in [6.07, 6.45) is 0.692. The molecule has 0 aromatic heterocycles. The van der Waals surface area contributed by atoms with E-state index in [1.54, 1.807) is 41.5 Å². The molecule has 0 amide bonds. The summed E-state index contributed by atoms with van der Waals surface area (Å²) >= 11 is 0. The summed E-state index contributed by atoms with van der Waals surface area (Å²) in [6.45, 7) is 9.52. The molecule has 0 aromatic rings. The van der Waals surface area contributed by atoms with Gasteiger partial charge in [0.2, 0.25) is 0 Å². The molecule has 36 heavy (non-hydrogen) atoms. The predicted molar refractivity (Wildman–Crippen MR) is 126 cm³/mol. The number of hydrogen-bond acceptors (Lipinski definition) is 8. The molecule has 204 valence electrons. The first-order chi connectivity index (χ1) is 16.4. The Morgan fingerprint density at radius 2 is 1.03 bits per heavy atom. The minimum Gasteiger partial charge on any atom is -0.481 e. The highest BCUT2D eigenvalue weighted by Crippen LogP contribution is 2.75.